The van der Waals surface area contributed by atoms with Crippen LogP contribution in [0.15, 0.2) is 42.5 Å². The fraction of sp³-hybridized carbons (Fsp3) is 0.250. The van der Waals surface area contributed by atoms with Crippen LogP contribution in [-0.2, 0) is 0 Å². The lowest BCUT2D eigenvalue weighted by Crippen LogP contribution is -2.16. The minimum Gasteiger partial charge on any atom is -0.487 e. The van der Waals surface area contributed by atoms with Gasteiger partial charge in [0.25, 0.3) is 0 Å². The fourth-order valence-corrected chi connectivity index (χ4v) is 2.02. The number of alkyl halides is 3. The van der Waals surface area contributed by atoms with Crippen molar-refractivity contribution in [3.8, 4) is 22.6 Å². The van der Waals surface area contributed by atoms with Crippen molar-refractivity contribution in [2.24, 2.45) is 0 Å². The molecule has 0 fully saturated rings. The minimum absolute atomic E-state index is 0.155. The summed E-state index contributed by atoms with van der Waals surface area (Å²) in [5, 5.41) is 11.2. The van der Waals surface area contributed by atoms with Crippen molar-refractivity contribution >= 4 is 5.69 Å². The average Bonchev–Trinajstić information content (AvgIpc) is 2.52. The van der Waals surface area contributed by atoms with Crippen LogP contribution in [0.4, 0.5) is 18.9 Å². The highest BCUT2D eigenvalue weighted by Gasteiger charge is 2.31. The second-order valence-electron chi connectivity index (χ2n) is 4.86. The molecule has 0 atom stereocenters. The number of hydrogen-bond acceptors (Lipinski definition) is 4. The third-order valence-corrected chi connectivity index (χ3v) is 3.04. The number of ether oxygens (including phenoxy) is 2. The maximum atomic E-state index is 12.1. The molecule has 2 aromatic rings. The lowest BCUT2D eigenvalue weighted by molar-refractivity contribution is -0.385. The highest BCUT2D eigenvalue weighted by atomic mass is 19.4. The van der Waals surface area contributed by atoms with Gasteiger partial charge in [0.15, 0.2) is 5.75 Å². The molecule has 0 aliphatic carbocycles. The number of halogens is 3. The van der Waals surface area contributed by atoms with Crippen molar-refractivity contribution in [3.05, 3.63) is 52.6 Å². The molecule has 8 heteroatoms. The van der Waals surface area contributed by atoms with Crippen molar-refractivity contribution in [1.82, 2.24) is 0 Å². The van der Waals surface area contributed by atoms with Crippen LogP contribution in [0, 0.1) is 10.1 Å². The van der Waals surface area contributed by atoms with Crippen LogP contribution >= 0.6 is 0 Å². The Kier molecular flexibility index (Phi) is 5.28. The SMILES string of the molecule is CCCOc1ccc(-c2ccc(OC(F)(F)F)cc2)cc1[N+](=O)[O-]. The van der Waals surface area contributed by atoms with Gasteiger partial charge in [-0.3, -0.25) is 10.1 Å². The molecule has 0 amide bonds. The highest BCUT2D eigenvalue weighted by Crippen LogP contribution is 2.33. The van der Waals surface area contributed by atoms with Gasteiger partial charge in [-0.25, -0.2) is 0 Å². The van der Waals surface area contributed by atoms with Gasteiger partial charge in [-0.05, 0) is 35.7 Å². The first-order valence-corrected chi connectivity index (χ1v) is 7.07. The molecule has 5 nitrogen and oxygen atoms in total. The van der Waals surface area contributed by atoms with E-state index in [1.165, 1.54) is 24.3 Å². The van der Waals surface area contributed by atoms with Gasteiger partial charge in [-0.2, -0.15) is 0 Å². The first-order valence-electron chi connectivity index (χ1n) is 7.07. The molecule has 0 aliphatic heterocycles. The molecule has 2 rings (SSSR count). The van der Waals surface area contributed by atoms with Crippen LogP contribution in [0.3, 0.4) is 0 Å². The number of rotatable bonds is 6. The fourth-order valence-electron chi connectivity index (χ4n) is 2.02. The zero-order valence-electron chi connectivity index (χ0n) is 12.7. The van der Waals surface area contributed by atoms with Gasteiger partial charge < -0.3 is 9.47 Å². The molecule has 0 unspecified atom stereocenters. The number of nitro benzene ring substituents is 1. The molecular weight excluding hydrogens is 327 g/mol. The van der Waals surface area contributed by atoms with Crippen molar-refractivity contribution < 1.29 is 27.6 Å². The second-order valence-corrected chi connectivity index (χ2v) is 4.86. The molecule has 0 saturated heterocycles. The Hall–Kier alpha value is -2.77. The standard InChI is InChI=1S/C16H14F3NO4/c1-2-9-23-15-8-5-12(10-14(15)20(21)22)11-3-6-13(7-4-11)24-16(17,18)19/h3-8,10H,2,9H2,1H3. The molecule has 0 spiro atoms. The summed E-state index contributed by atoms with van der Waals surface area (Å²) in [5.41, 5.74) is 0.815. The van der Waals surface area contributed by atoms with E-state index in [1.807, 2.05) is 6.92 Å². The van der Waals surface area contributed by atoms with Gasteiger partial charge in [0.1, 0.15) is 5.75 Å². The van der Waals surface area contributed by atoms with E-state index in [0.717, 1.165) is 12.1 Å². The van der Waals surface area contributed by atoms with Crippen LogP contribution in [0.25, 0.3) is 11.1 Å². The molecule has 128 valence electrons. The topological polar surface area (TPSA) is 61.6 Å². The number of benzene rings is 2. The third-order valence-electron chi connectivity index (χ3n) is 3.04. The molecule has 24 heavy (non-hydrogen) atoms. The Morgan fingerprint density at radius 2 is 1.71 bits per heavy atom. The zero-order chi connectivity index (χ0) is 17.7. The van der Waals surface area contributed by atoms with Crippen LogP contribution in [-0.4, -0.2) is 17.9 Å². The summed E-state index contributed by atoms with van der Waals surface area (Å²) in [6.45, 7) is 2.23. The van der Waals surface area contributed by atoms with Gasteiger partial charge in [0, 0.05) is 6.07 Å². The van der Waals surface area contributed by atoms with E-state index in [0.29, 0.717) is 24.2 Å². The lowest BCUT2D eigenvalue weighted by atomic mass is 10.0. The van der Waals surface area contributed by atoms with E-state index in [4.69, 9.17) is 4.74 Å². The van der Waals surface area contributed by atoms with Crippen LogP contribution < -0.4 is 9.47 Å². The molecule has 0 saturated carbocycles. The summed E-state index contributed by atoms with van der Waals surface area (Å²) in [6.07, 6.45) is -4.06. The maximum absolute atomic E-state index is 12.1. The van der Waals surface area contributed by atoms with Crippen molar-refractivity contribution in [2.75, 3.05) is 6.61 Å². The summed E-state index contributed by atoms with van der Waals surface area (Å²) >= 11 is 0. The molecule has 0 heterocycles. The second kappa shape index (κ2) is 7.20. The molecule has 0 N–H and O–H groups in total. The number of hydrogen-bond donors (Lipinski definition) is 0. The van der Waals surface area contributed by atoms with Crippen molar-refractivity contribution in [2.45, 2.75) is 19.7 Å². The van der Waals surface area contributed by atoms with E-state index in [1.54, 1.807) is 6.07 Å². The Bertz CT molecular complexity index is 714. The Labute approximate surface area is 135 Å². The first-order chi connectivity index (χ1) is 11.3. The molecule has 0 radical (unpaired) electrons. The van der Waals surface area contributed by atoms with Crippen LogP contribution in [0.2, 0.25) is 0 Å². The monoisotopic (exact) mass is 341 g/mol. The Morgan fingerprint density at radius 1 is 1.08 bits per heavy atom. The van der Waals surface area contributed by atoms with E-state index < -0.39 is 11.3 Å². The number of nitrogens with zero attached hydrogens (tertiary/aromatic N) is 1. The normalized spacial score (nSPS) is 11.2. The largest absolute Gasteiger partial charge is 0.573 e. The van der Waals surface area contributed by atoms with E-state index in [2.05, 4.69) is 4.74 Å². The highest BCUT2D eigenvalue weighted by molar-refractivity contribution is 5.69. The smallest absolute Gasteiger partial charge is 0.487 e. The molecule has 0 aliphatic rings. The maximum Gasteiger partial charge on any atom is 0.573 e. The predicted molar refractivity (Wildman–Crippen MR) is 81.0 cm³/mol. The Morgan fingerprint density at radius 3 is 2.25 bits per heavy atom. The van der Waals surface area contributed by atoms with Crippen molar-refractivity contribution in [1.29, 1.82) is 0 Å². The number of nitro groups is 1. The van der Waals surface area contributed by atoms with Gasteiger partial charge in [0.2, 0.25) is 0 Å². The molecule has 0 aromatic heterocycles. The summed E-state index contributed by atoms with van der Waals surface area (Å²) in [7, 11) is 0. The van der Waals surface area contributed by atoms with Crippen LogP contribution in [0.5, 0.6) is 11.5 Å². The van der Waals surface area contributed by atoms with E-state index >= 15 is 0 Å². The van der Waals surface area contributed by atoms with Gasteiger partial charge in [0.05, 0.1) is 11.5 Å². The third kappa shape index (κ3) is 4.61. The minimum atomic E-state index is -4.77. The van der Waals surface area contributed by atoms with Crippen LogP contribution in [0.1, 0.15) is 13.3 Å². The van der Waals surface area contributed by atoms with Crippen molar-refractivity contribution in [3.63, 3.8) is 0 Å². The summed E-state index contributed by atoms with van der Waals surface area (Å²) < 4.78 is 45.5. The molecular formula is C16H14F3NO4. The van der Waals surface area contributed by atoms with Gasteiger partial charge in [-0.15, -0.1) is 13.2 Å². The first kappa shape index (κ1) is 17.6. The molecule has 0 bridgehead atoms. The van der Waals surface area contributed by atoms with E-state index in [9.17, 15) is 23.3 Å². The quantitative estimate of drug-likeness (QED) is 0.551. The summed E-state index contributed by atoms with van der Waals surface area (Å²) in [5.74, 6) is -0.203. The predicted octanol–water partition coefficient (Wildman–Crippen LogP) is 4.95. The summed E-state index contributed by atoms with van der Waals surface area (Å²) in [4.78, 5) is 10.6. The van der Waals surface area contributed by atoms with Gasteiger partial charge in [-0.1, -0.05) is 25.1 Å². The van der Waals surface area contributed by atoms with Gasteiger partial charge >= 0.3 is 12.0 Å². The molecule has 2 aromatic carbocycles. The Balaban J connectivity index is 2.28. The zero-order valence-corrected chi connectivity index (χ0v) is 12.7. The van der Waals surface area contributed by atoms with E-state index in [-0.39, 0.29) is 17.2 Å². The summed E-state index contributed by atoms with van der Waals surface area (Å²) in [6, 6.07) is 9.50. The lowest BCUT2D eigenvalue weighted by Gasteiger charge is -2.10. The average molecular weight is 341 g/mol.